The number of hydrogen-bond acceptors (Lipinski definition) is 7. The zero-order valence-electron chi connectivity index (χ0n) is 23.1. The van der Waals surface area contributed by atoms with E-state index < -0.39 is 23.6 Å². The Morgan fingerprint density at radius 2 is 1.76 bits per heavy atom. The Hall–Kier alpha value is -2.81. The highest BCUT2D eigenvalue weighted by Gasteiger charge is 2.25. The fraction of sp³-hybridized carbons (Fsp3) is 0.679. The van der Waals surface area contributed by atoms with Crippen LogP contribution in [0.5, 0.6) is 0 Å². The number of piperidine rings is 1. The summed E-state index contributed by atoms with van der Waals surface area (Å²) < 4.78 is 16.4. The maximum atomic E-state index is 12.3. The number of ether oxygens (including phenoxy) is 3. The van der Waals surface area contributed by atoms with Gasteiger partial charge in [0.05, 0.1) is 25.4 Å². The first-order valence-corrected chi connectivity index (χ1v) is 13.4. The second-order valence-electron chi connectivity index (χ2n) is 10.7. The molecule has 1 aromatic rings. The van der Waals surface area contributed by atoms with Gasteiger partial charge in [0.1, 0.15) is 5.60 Å². The van der Waals surface area contributed by atoms with Crippen LogP contribution in [0.1, 0.15) is 78.7 Å². The van der Waals surface area contributed by atoms with Gasteiger partial charge in [0, 0.05) is 31.6 Å². The maximum absolute atomic E-state index is 12.3. The Morgan fingerprint density at radius 1 is 1.11 bits per heavy atom. The van der Waals surface area contributed by atoms with Crippen molar-refractivity contribution in [3.05, 3.63) is 29.8 Å². The van der Waals surface area contributed by atoms with Crippen LogP contribution in [0.3, 0.4) is 0 Å². The molecule has 2 atom stereocenters. The molecular weight excluding hydrogens is 474 g/mol. The predicted octanol–water partition coefficient (Wildman–Crippen LogP) is 4.31. The van der Waals surface area contributed by atoms with Gasteiger partial charge < -0.3 is 30.2 Å². The van der Waals surface area contributed by atoms with Gasteiger partial charge in [0.25, 0.3) is 0 Å². The van der Waals surface area contributed by atoms with Crippen molar-refractivity contribution >= 4 is 23.7 Å². The van der Waals surface area contributed by atoms with Crippen molar-refractivity contribution in [2.24, 2.45) is 11.7 Å². The second-order valence-corrected chi connectivity index (χ2v) is 10.7. The van der Waals surface area contributed by atoms with E-state index in [0.29, 0.717) is 32.0 Å². The Kier molecular flexibility index (Phi) is 12.2. The standard InChI is InChI=1S/C28H45N3O6/c1-6-35-26(33)14-9-21-15-17-31(18-16-21)23-10-7-22(8-11-23)19-36-20(2)24(12-13-25(29)32)30-27(34)37-28(3,4)5/h7-8,10-11,20-21,24H,6,9,12-19H2,1-5H3,(H2,29,32)(H,30,34)/t20-,24+/m1/s1. The summed E-state index contributed by atoms with van der Waals surface area (Å²) in [7, 11) is 0. The maximum Gasteiger partial charge on any atom is 0.407 e. The van der Waals surface area contributed by atoms with Gasteiger partial charge in [-0.25, -0.2) is 4.79 Å². The SMILES string of the molecule is CCOC(=O)CCC1CCN(c2ccc(CO[C@H](C)[C@H](CCC(N)=O)NC(=O)OC(C)(C)C)cc2)CC1. The summed E-state index contributed by atoms with van der Waals surface area (Å²) in [6.07, 6.45) is 3.14. The van der Waals surface area contributed by atoms with E-state index in [2.05, 4.69) is 34.5 Å². The number of rotatable bonds is 13. The number of nitrogens with zero attached hydrogens (tertiary/aromatic N) is 1. The molecule has 1 aliphatic heterocycles. The smallest absolute Gasteiger partial charge is 0.407 e. The van der Waals surface area contributed by atoms with Gasteiger partial charge in [0.2, 0.25) is 5.91 Å². The van der Waals surface area contributed by atoms with E-state index in [1.807, 2.05) is 13.8 Å². The Bertz CT molecular complexity index is 860. The van der Waals surface area contributed by atoms with E-state index in [1.54, 1.807) is 20.8 Å². The number of anilines is 1. The Morgan fingerprint density at radius 3 is 2.32 bits per heavy atom. The van der Waals surface area contributed by atoms with Crippen LogP contribution in [0, 0.1) is 5.92 Å². The van der Waals surface area contributed by atoms with Crippen molar-refractivity contribution in [3.63, 3.8) is 0 Å². The topological polar surface area (TPSA) is 120 Å². The van der Waals surface area contributed by atoms with Crippen LogP contribution in [0.15, 0.2) is 24.3 Å². The van der Waals surface area contributed by atoms with Crippen LogP contribution in [-0.4, -0.2) is 55.4 Å². The molecule has 1 heterocycles. The lowest BCUT2D eigenvalue weighted by Gasteiger charge is -2.33. The lowest BCUT2D eigenvalue weighted by Crippen LogP contribution is -2.45. The molecule has 2 amide bonds. The molecule has 1 aromatic carbocycles. The van der Waals surface area contributed by atoms with Crippen molar-refractivity contribution in [1.82, 2.24) is 5.32 Å². The number of primary amides is 1. The molecule has 2 rings (SSSR count). The molecule has 0 spiro atoms. The summed E-state index contributed by atoms with van der Waals surface area (Å²) in [6, 6.07) is 7.90. The quantitative estimate of drug-likeness (QED) is 0.373. The van der Waals surface area contributed by atoms with Crippen LogP contribution in [0.2, 0.25) is 0 Å². The van der Waals surface area contributed by atoms with E-state index in [1.165, 1.54) is 5.69 Å². The van der Waals surface area contributed by atoms with Crippen molar-refractivity contribution in [1.29, 1.82) is 0 Å². The van der Waals surface area contributed by atoms with Crippen molar-refractivity contribution < 1.29 is 28.6 Å². The van der Waals surface area contributed by atoms with Crippen LogP contribution in [0.4, 0.5) is 10.5 Å². The van der Waals surface area contributed by atoms with Crippen LogP contribution in [-0.2, 0) is 30.4 Å². The molecule has 0 radical (unpaired) electrons. The van der Waals surface area contributed by atoms with E-state index >= 15 is 0 Å². The zero-order chi connectivity index (χ0) is 27.4. The number of alkyl carbamates (subject to hydrolysis) is 1. The van der Waals surface area contributed by atoms with Crippen molar-refractivity contribution in [2.45, 2.75) is 97.5 Å². The van der Waals surface area contributed by atoms with Gasteiger partial charge >= 0.3 is 12.1 Å². The normalized spacial score (nSPS) is 16.1. The van der Waals surface area contributed by atoms with Gasteiger partial charge in [-0.05, 0) is 83.9 Å². The summed E-state index contributed by atoms with van der Waals surface area (Å²) in [6.45, 7) is 11.8. The number of esters is 1. The highest BCUT2D eigenvalue weighted by Crippen LogP contribution is 2.26. The minimum Gasteiger partial charge on any atom is -0.466 e. The third-order valence-electron chi connectivity index (χ3n) is 6.46. The zero-order valence-corrected chi connectivity index (χ0v) is 23.1. The van der Waals surface area contributed by atoms with Gasteiger partial charge in [-0.2, -0.15) is 0 Å². The third kappa shape index (κ3) is 11.9. The number of benzene rings is 1. The molecule has 1 fully saturated rings. The number of hydrogen-bond donors (Lipinski definition) is 2. The molecule has 0 aromatic heterocycles. The monoisotopic (exact) mass is 519 g/mol. The summed E-state index contributed by atoms with van der Waals surface area (Å²) in [4.78, 5) is 37.5. The molecule has 3 N–H and O–H groups in total. The van der Waals surface area contributed by atoms with Crippen LogP contribution < -0.4 is 16.0 Å². The summed E-state index contributed by atoms with van der Waals surface area (Å²) in [5.41, 5.74) is 6.88. The molecule has 9 nitrogen and oxygen atoms in total. The van der Waals surface area contributed by atoms with E-state index in [9.17, 15) is 14.4 Å². The Labute approximate surface area is 221 Å². The molecule has 1 aliphatic rings. The fourth-order valence-electron chi connectivity index (χ4n) is 4.36. The number of carbonyl (C=O) groups is 3. The number of carbonyl (C=O) groups excluding carboxylic acids is 3. The van der Waals surface area contributed by atoms with Crippen molar-refractivity contribution in [2.75, 3.05) is 24.6 Å². The first-order chi connectivity index (χ1) is 17.5. The lowest BCUT2D eigenvalue weighted by atomic mass is 9.92. The number of amides is 2. The molecule has 9 heteroatoms. The largest absolute Gasteiger partial charge is 0.466 e. The van der Waals surface area contributed by atoms with E-state index in [4.69, 9.17) is 19.9 Å². The number of nitrogens with one attached hydrogen (secondary N) is 1. The molecule has 208 valence electrons. The minimum absolute atomic E-state index is 0.100. The fourth-order valence-corrected chi connectivity index (χ4v) is 4.36. The average molecular weight is 520 g/mol. The highest BCUT2D eigenvalue weighted by molar-refractivity contribution is 5.74. The van der Waals surface area contributed by atoms with Crippen molar-refractivity contribution in [3.8, 4) is 0 Å². The summed E-state index contributed by atoms with van der Waals surface area (Å²) in [5, 5.41) is 2.82. The molecule has 0 unspecified atom stereocenters. The first-order valence-electron chi connectivity index (χ1n) is 13.4. The minimum atomic E-state index is -0.623. The molecule has 0 saturated carbocycles. The lowest BCUT2D eigenvalue weighted by molar-refractivity contribution is -0.143. The highest BCUT2D eigenvalue weighted by atomic mass is 16.6. The van der Waals surface area contributed by atoms with E-state index in [0.717, 1.165) is 37.9 Å². The predicted molar refractivity (Wildman–Crippen MR) is 143 cm³/mol. The number of nitrogens with two attached hydrogens (primary N) is 1. The molecule has 0 aliphatic carbocycles. The summed E-state index contributed by atoms with van der Waals surface area (Å²) >= 11 is 0. The van der Waals surface area contributed by atoms with Gasteiger partial charge in [-0.1, -0.05) is 12.1 Å². The summed E-state index contributed by atoms with van der Waals surface area (Å²) in [5.74, 6) is 0.0327. The third-order valence-corrected chi connectivity index (χ3v) is 6.46. The first kappa shape index (κ1) is 30.4. The molecule has 1 saturated heterocycles. The average Bonchev–Trinajstić information content (AvgIpc) is 2.83. The van der Waals surface area contributed by atoms with Gasteiger partial charge in [-0.15, -0.1) is 0 Å². The van der Waals surface area contributed by atoms with Gasteiger partial charge in [-0.3, -0.25) is 9.59 Å². The van der Waals surface area contributed by atoms with Crippen LogP contribution in [0.25, 0.3) is 0 Å². The Balaban J connectivity index is 1.83. The molecular formula is C28H45N3O6. The van der Waals surface area contributed by atoms with Gasteiger partial charge in [0.15, 0.2) is 0 Å². The second kappa shape index (κ2) is 14.8. The van der Waals surface area contributed by atoms with E-state index in [-0.39, 0.29) is 18.5 Å². The van der Waals surface area contributed by atoms with Crippen LogP contribution >= 0.6 is 0 Å². The molecule has 0 bridgehead atoms. The molecule has 37 heavy (non-hydrogen) atoms.